The number of nitrogens with zero attached hydrogens (tertiary/aromatic N) is 4. The van der Waals surface area contributed by atoms with Crippen LogP contribution in [0.5, 0.6) is 0 Å². The van der Waals surface area contributed by atoms with Crippen LogP contribution in [0.25, 0.3) is 16.9 Å². The highest BCUT2D eigenvalue weighted by molar-refractivity contribution is 6.30. The molecule has 0 aliphatic rings. The van der Waals surface area contributed by atoms with Gasteiger partial charge in [0.15, 0.2) is 0 Å². The van der Waals surface area contributed by atoms with Crippen LogP contribution in [0.1, 0.15) is 23.2 Å². The summed E-state index contributed by atoms with van der Waals surface area (Å²) in [7, 11) is 0. The Bertz CT molecular complexity index is 1150. The predicted molar refractivity (Wildman–Crippen MR) is 108 cm³/mol. The van der Waals surface area contributed by atoms with Crippen LogP contribution in [0.15, 0.2) is 55.0 Å². The van der Waals surface area contributed by atoms with Gasteiger partial charge in [-0.3, -0.25) is 0 Å². The Hall–Kier alpha value is -2.83. The van der Waals surface area contributed by atoms with Crippen LogP contribution < -0.4 is 0 Å². The number of pyridine rings is 1. The third-order valence-corrected chi connectivity index (χ3v) is 4.77. The fraction of sp³-hybridized carbons (Fsp3) is 0.150. The van der Waals surface area contributed by atoms with E-state index in [9.17, 15) is 4.79 Å². The van der Waals surface area contributed by atoms with E-state index in [1.54, 1.807) is 36.1 Å². The Morgan fingerprint density at radius 1 is 1.11 bits per heavy atom. The first-order valence-electron chi connectivity index (χ1n) is 8.67. The van der Waals surface area contributed by atoms with E-state index in [-0.39, 0.29) is 12.4 Å². The summed E-state index contributed by atoms with van der Waals surface area (Å²) in [5.74, 6) is -0.228. The SMILES string of the molecule is CCOC(=O)c1nccn1Cc1c(-c2ccc(Cl)cc2)nc2ccc(Cl)cn12. The van der Waals surface area contributed by atoms with Crippen LogP contribution in [0, 0.1) is 0 Å². The average molecular weight is 415 g/mol. The lowest BCUT2D eigenvalue weighted by Crippen LogP contribution is -2.15. The molecule has 0 saturated heterocycles. The van der Waals surface area contributed by atoms with E-state index in [1.165, 1.54) is 0 Å². The smallest absolute Gasteiger partial charge is 0.374 e. The molecule has 0 aliphatic carbocycles. The van der Waals surface area contributed by atoms with Crippen molar-refractivity contribution in [2.24, 2.45) is 0 Å². The third-order valence-electron chi connectivity index (χ3n) is 4.29. The molecule has 0 saturated carbocycles. The maximum atomic E-state index is 12.2. The molecule has 3 heterocycles. The molecular weight excluding hydrogens is 399 g/mol. The second kappa shape index (κ2) is 7.66. The molecule has 0 unspecified atom stereocenters. The van der Waals surface area contributed by atoms with Crippen molar-refractivity contribution in [2.75, 3.05) is 6.61 Å². The zero-order valence-corrected chi connectivity index (χ0v) is 16.5. The molecule has 6 nitrogen and oxygen atoms in total. The van der Waals surface area contributed by atoms with Crippen molar-refractivity contribution in [3.05, 3.63) is 76.6 Å². The Kier molecular flexibility index (Phi) is 5.07. The van der Waals surface area contributed by atoms with E-state index in [2.05, 4.69) is 4.98 Å². The minimum absolute atomic E-state index is 0.237. The molecular formula is C20H16Cl2N4O2. The van der Waals surface area contributed by atoms with Crippen molar-refractivity contribution in [2.45, 2.75) is 13.5 Å². The number of halogens is 2. The maximum absolute atomic E-state index is 12.2. The first-order chi connectivity index (χ1) is 13.6. The highest BCUT2D eigenvalue weighted by Gasteiger charge is 2.19. The van der Waals surface area contributed by atoms with Gasteiger partial charge in [0, 0.05) is 29.2 Å². The predicted octanol–water partition coefficient (Wildman–Crippen LogP) is 4.73. The molecule has 4 aromatic rings. The van der Waals surface area contributed by atoms with Crippen molar-refractivity contribution in [1.82, 2.24) is 18.9 Å². The van der Waals surface area contributed by atoms with Crippen molar-refractivity contribution in [3.63, 3.8) is 0 Å². The molecule has 3 aromatic heterocycles. The van der Waals surface area contributed by atoms with E-state index >= 15 is 0 Å². The molecule has 0 amide bonds. The maximum Gasteiger partial charge on any atom is 0.374 e. The molecule has 8 heteroatoms. The van der Waals surface area contributed by atoms with Crippen molar-refractivity contribution in [3.8, 4) is 11.3 Å². The summed E-state index contributed by atoms with van der Waals surface area (Å²) in [6, 6.07) is 11.1. The molecule has 0 N–H and O–H groups in total. The molecule has 28 heavy (non-hydrogen) atoms. The number of aromatic nitrogens is 4. The van der Waals surface area contributed by atoms with Crippen LogP contribution in [0.4, 0.5) is 0 Å². The van der Waals surface area contributed by atoms with Gasteiger partial charge in [-0.1, -0.05) is 35.3 Å². The highest BCUT2D eigenvalue weighted by atomic mass is 35.5. The summed E-state index contributed by atoms with van der Waals surface area (Å²) in [6.45, 7) is 2.41. The molecule has 0 bridgehead atoms. The van der Waals surface area contributed by atoms with E-state index in [1.807, 2.05) is 34.7 Å². The van der Waals surface area contributed by atoms with Gasteiger partial charge >= 0.3 is 5.97 Å². The van der Waals surface area contributed by atoms with Crippen LogP contribution in [0.2, 0.25) is 10.0 Å². The Labute approximate surface area is 171 Å². The molecule has 1 aromatic carbocycles. The van der Waals surface area contributed by atoms with E-state index in [0.29, 0.717) is 16.6 Å². The van der Waals surface area contributed by atoms with Gasteiger partial charge in [0.1, 0.15) is 5.65 Å². The normalized spacial score (nSPS) is 11.1. The topological polar surface area (TPSA) is 61.4 Å². The third kappa shape index (κ3) is 3.48. The molecule has 0 spiro atoms. The zero-order valence-electron chi connectivity index (χ0n) is 15.0. The fourth-order valence-electron chi connectivity index (χ4n) is 3.04. The lowest BCUT2D eigenvalue weighted by Gasteiger charge is -2.10. The van der Waals surface area contributed by atoms with Crippen LogP contribution in [-0.2, 0) is 11.3 Å². The second-order valence-corrected chi connectivity index (χ2v) is 6.96. The number of hydrogen-bond donors (Lipinski definition) is 0. The quantitative estimate of drug-likeness (QED) is 0.442. The lowest BCUT2D eigenvalue weighted by molar-refractivity contribution is 0.0507. The average Bonchev–Trinajstić information content (AvgIpc) is 3.28. The van der Waals surface area contributed by atoms with Gasteiger partial charge in [0.05, 0.1) is 29.6 Å². The second-order valence-electron chi connectivity index (χ2n) is 6.09. The van der Waals surface area contributed by atoms with Gasteiger partial charge in [-0.15, -0.1) is 0 Å². The number of fused-ring (bicyclic) bond motifs is 1. The van der Waals surface area contributed by atoms with Crippen LogP contribution in [0.3, 0.4) is 0 Å². The summed E-state index contributed by atoms with van der Waals surface area (Å²) in [6.07, 6.45) is 5.12. The number of esters is 1. The summed E-state index contributed by atoms with van der Waals surface area (Å²) in [5, 5.41) is 1.24. The number of rotatable bonds is 5. The largest absolute Gasteiger partial charge is 0.460 e. The number of carbonyl (C=O) groups is 1. The number of carbonyl (C=O) groups excluding carboxylic acids is 1. The number of hydrogen-bond acceptors (Lipinski definition) is 4. The van der Waals surface area contributed by atoms with Gasteiger partial charge in [-0.25, -0.2) is 14.8 Å². The summed E-state index contributed by atoms with van der Waals surface area (Å²) in [4.78, 5) is 21.1. The van der Waals surface area contributed by atoms with Gasteiger partial charge in [0.25, 0.3) is 0 Å². The van der Waals surface area contributed by atoms with Crippen LogP contribution >= 0.6 is 23.2 Å². The highest BCUT2D eigenvalue weighted by Crippen LogP contribution is 2.28. The monoisotopic (exact) mass is 414 g/mol. The van der Waals surface area contributed by atoms with Crippen molar-refractivity contribution in [1.29, 1.82) is 0 Å². The lowest BCUT2D eigenvalue weighted by atomic mass is 10.1. The summed E-state index contributed by atoms with van der Waals surface area (Å²) < 4.78 is 8.76. The van der Waals surface area contributed by atoms with E-state index < -0.39 is 5.97 Å². The molecule has 0 aliphatic heterocycles. The fourth-order valence-corrected chi connectivity index (χ4v) is 3.33. The molecule has 4 rings (SSSR count). The first kappa shape index (κ1) is 18.5. The summed E-state index contributed by atoms with van der Waals surface area (Å²) in [5.41, 5.74) is 3.31. The number of ether oxygens (including phenoxy) is 1. The van der Waals surface area contributed by atoms with E-state index in [4.69, 9.17) is 32.9 Å². The van der Waals surface area contributed by atoms with Gasteiger partial charge in [0.2, 0.25) is 5.82 Å². The molecule has 142 valence electrons. The Balaban J connectivity index is 1.85. The number of benzene rings is 1. The van der Waals surface area contributed by atoms with E-state index in [0.717, 1.165) is 22.6 Å². The minimum Gasteiger partial charge on any atom is -0.460 e. The molecule has 0 fully saturated rings. The number of imidazole rings is 2. The zero-order chi connectivity index (χ0) is 19.7. The van der Waals surface area contributed by atoms with Crippen LogP contribution in [-0.4, -0.2) is 31.5 Å². The van der Waals surface area contributed by atoms with Gasteiger partial charge in [-0.2, -0.15) is 0 Å². The molecule has 0 atom stereocenters. The Morgan fingerprint density at radius 3 is 2.61 bits per heavy atom. The van der Waals surface area contributed by atoms with Gasteiger partial charge in [-0.05, 0) is 31.2 Å². The van der Waals surface area contributed by atoms with Crippen molar-refractivity contribution < 1.29 is 9.53 Å². The summed E-state index contributed by atoms with van der Waals surface area (Å²) >= 11 is 12.2. The molecule has 0 radical (unpaired) electrons. The first-order valence-corrected chi connectivity index (χ1v) is 9.43. The van der Waals surface area contributed by atoms with Crippen molar-refractivity contribution >= 4 is 34.8 Å². The standard InChI is InChI=1S/C20H16Cl2N4O2/c1-2-28-20(27)19-23-9-10-25(19)12-16-18(13-3-5-14(21)6-4-13)24-17-8-7-15(22)11-26(16)17/h3-11H,2,12H2,1H3. The minimum atomic E-state index is -0.465. The Morgan fingerprint density at radius 2 is 1.86 bits per heavy atom. The van der Waals surface area contributed by atoms with Gasteiger partial charge < -0.3 is 13.7 Å².